The van der Waals surface area contributed by atoms with Crippen molar-refractivity contribution < 1.29 is 0 Å². The van der Waals surface area contributed by atoms with Crippen LogP contribution in [0.25, 0.3) is 0 Å². The van der Waals surface area contributed by atoms with Crippen LogP contribution in [0.5, 0.6) is 0 Å². The molecule has 0 radical (unpaired) electrons. The molecule has 2 nitrogen and oxygen atoms in total. The van der Waals surface area contributed by atoms with E-state index in [2.05, 4.69) is 58.4 Å². The van der Waals surface area contributed by atoms with Gasteiger partial charge in [0.05, 0.1) is 0 Å². The van der Waals surface area contributed by atoms with Crippen molar-refractivity contribution in [3.8, 4) is 0 Å². The molecule has 0 aromatic rings. The number of rotatable bonds is 3. The second-order valence-corrected chi connectivity index (χ2v) is 16.1. The van der Waals surface area contributed by atoms with Gasteiger partial charge in [-0.1, -0.05) is 0 Å². The Morgan fingerprint density at radius 1 is 1.12 bits per heavy atom. The van der Waals surface area contributed by atoms with E-state index in [0.717, 1.165) is 3.59 Å². The summed E-state index contributed by atoms with van der Waals surface area (Å²) in [5.41, 5.74) is 0.0147. The van der Waals surface area contributed by atoms with E-state index >= 15 is 0 Å². The SMILES string of the molecule is CC(C)N=[C](N(C(C)C)C(C)(C)C)[In]([Cl])[Cl]. The summed E-state index contributed by atoms with van der Waals surface area (Å²) < 4.78 is 0.975. The molecule has 0 unspecified atom stereocenters. The molecule has 0 saturated carbocycles. The van der Waals surface area contributed by atoms with Crippen molar-refractivity contribution in [3.05, 3.63) is 0 Å². The van der Waals surface area contributed by atoms with E-state index in [0.29, 0.717) is 6.04 Å². The predicted octanol–water partition coefficient (Wildman–Crippen LogP) is 3.81. The minimum absolute atomic E-state index is 0.0147. The Labute approximate surface area is 115 Å². The summed E-state index contributed by atoms with van der Waals surface area (Å²) in [6.45, 7) is 14.9. The van der Waals surface area contributed by atoms with Gasteiger partial charge in [0, 0.05) is 0 Å². The van der Waals surface area contributed by atoms with Gasteiger partial charge in [0.15, 0.2) is 0 Å². The van der Waals surface area contributed by atoms with Crippen molar-refractivity contribution in [2.45, 2.75) is 66.1 Å². The molecule has 0 saturated heterocycles. The summed E-state index contributed by atoms with van der Waals surface area (Å²) in [6, 6.07) is 0.615. The zero-order chi connectivity index (χ0) is 13.1. The van der Waals surface area contributed by atoms with Crippen LogP contribution in [0.2, 0.25) is 0 Å². The second kappa shape index (κ2) is 6.75. The van der Waals surface area contributed by atoms with Gasteiger partial charge in [0.25, 0.3) is 0 Å². The number of hydrogen-bond donors (Lipinski definition) is 0. The Kier molecular flexibility index (Phi) is 7.13. The van der Waals surface area contributed by atoms with Crippen LogP contribution < -0.4 is 0 Å². The van der Waals surface area contributed by atoms with Crippen LogP contribution in [-0.2, 0) is 0 Å². The third-order valence-corrected chi connectivity index (χ3v) is 7.02. The fraction of sp³-hybridized carbons (Fsp3) is 0.909. The van der Waals surface area contributed by atoms with Gasteiger partial charge >= 0.3 is 116 Å². The van der Waals surface area contributed by atoms with Crippen LogP contribution in [-0.4, -0.2) is 45.2 Å². The number of halogens is 2. The first kappa shape index (κ1) is 16.9. The summed E-state index contributed by atoms with van der Waals surface area (Å²) in [5, 5.41) is 0. The molecule has 94 valence electrons. The first-order chi connectivity index (χ1) is 7.07. The van der Waals surface area contributed by atoms with Crippen molar-refractivity contribution in [3.63, 3.8) is 0 Å². The van der Waals surface area contributed by atoms with Crippen molar-refractivity contribution in [1.82, 2.24) is 4.90 Å². The number of nitrogens with zero attached hydrogens (tertiary/aromatic N) is 2. The maximum atomic E-state index is 6.24. The standard InChI is InChI=1S/C11H23N2.2ClH.In/c1-9(2)12-8-13(10(3)4)11(5,6)7;;;/h9-10H,1-7H3;2*1H;/q;;;+2/p-2. The molecule has 0 amide bonds. The Morgan fingerprint density at radius 3 is 1.75 bits per heavy atom. The summed E-state index contributed by atoms with van der Waals surface area (Å²) in [5.74, 6) is 0. The quantitative estimate of drug-likeness (QED) is 0.546. The van der Waals surface area contributed by atoms with E-state index in [1.54, 1.807) is 0 Å². The molecular formula is C11H23Cl2InN2. The number of aliphatic imine (C=N–C) groups is 1. The average molecular weight is 369 g/mol. The van der Waals surface area contributed by atoms with E-state index in [1.165, 1.54) is 0 Å². The molecule has 0 atom stereocenters. The Bertz CT molecular complexity index is 245. The first-order valence-corrected chi connectivity index (χ1v) is 15.7. The van der Waals surface area contributed by atoms with E-state index in [4.69, 9.17) is 17.2 Å². The van der Waals surface area contributed by atoms with Crippen LogP contribution in [0, 0.1) is 0 Å². The zero-order valence-corrected chi connectivity index (χ0v) is 16.2. The van der Waals surface area contributed by atoms with Gasteiger partial charge < -0.3 is 0 Å². The molecule has 0 aliphatic carbocycles. The molecule has 0 rings (SSSR count). The van der Waals surface area contributed by atoms with Crippen molar-refractivity contribution in [1.29, 1.82) is 0 Å². The zero-order valence-electron chi connectivity index (χ0n) is 11.4. The molecule has 0 aromatic carbocycles. The molecule has 0 bridgehead atoms. The number of amidine groups is 1. The number of hydrogen-bond acceptors (Lipinski definition) is 1. The van der Waals surface area contributed by atoms with Gasteiger partial charge in [-0.2, -0.15) is 0 Å². The summed E-state index contributed by atoms with van der Waals surface area (Å²) in [4.78, 5) is 6.91. The maximum absolute atomic E-state index is 6.24. The van der Waals surface area contributed by atoms with E-state index in [-0.39, 0.29) is 11.6 Å². The second-order valence-electron chi connectivity index (χ2n) is 5.52. The average Bonchev–Trinajstić information content (AvgIpc) is 1.97. The van der Waals surface area contributed by atoms with E-state index in [9.17, 15) is 0 Å². The van der Waals surface area contributed by atoms with Crippen LogP contribution in [0.4, 0.5) is 0 Å². The van der Waals surface area contributed by atoms with Crippen molar-refractivity contribution in [2.24, 2.45) is 4.99 Å². The van der Waals surface area contributed by atoms with Crippen LogP contribution >= 0.6 is 17.2 Å². The summed E-state index contributed by atoms with van der Waals surface area (Å²) >= 11 is -2.63. The molecule has 0 heterocycles. The fourth-order valence-electron chi connectivity index (χ4n) is 1.87. The fourth-order valence-corrected chi connectivity index (χ4v) is 7.77. The van der Waals surface area contributed by atoms with E-state index in [1.807, 2.05) is 0 Å². The first-order valence-electron chi connectivity index (χ1n) is 5.72. The van der Waals surface area contributed by atoms with Crippen LogP contribution in [0.1, 0.15) is 48.5 Å². The summed E-state index contributed by atoms with van der Waals surface area (Å²) in [7, 11) is 12.5. The normalized spacial score (nSPS) is 13.6. The minimum atomic E-state index is -2.63. The third-order valence-electron chi connectivity index (χ3n) is 2.07. The summed E-state index contributed by atoms with van der Waals surface area (Å²) in [6.07, 6.45) is 0. The molecule has 0 spiro atoms. The monoisotopic (exact) mass is 368 g/mol. The van der Waals surface area contributed by atoms with Gasteiger partial charge in [0.2, 0.25) is 0 Å². The molecule has 0 aromatic heterocycles. The topological polar surface area (TPSA) is 15.6 Å². The Morgan fingerprint density at radius 2 is 1.56 bits per heavy atom. The molecule has 0 aliphatic heterocycles. The Balaban J connectivity index is 5.29. The van der Waals surface area contributed by atoms with E-state index < -0.39 is 19.1 Å². The molecule has 0 aliphatic rings. The molecule has 16 heavy (non-hydrogen) atoms. The predicted molar refractivity (Wildman–Crippen MR) is 76.8 cm³/mol. The van der Waals surface area contributed by atoms with Gasteiger partial charge in [0.1, 0.15) is 0 Å². The van der Waals surface area contributed by atoms with Crippen molar-refractivity contribution >= 4 is 39.8 Å². The third kappa shape index (κ3) is 5.50. The molecular weight excluding hydrogens is 346 g/mol. The molecule has 0 N–H and O–H groups in total. The van der Waals surface area contributed by atoms with Gasteiger partial charge in [-0.05, 0) is 0 Å². The van der Waals surface area contributed by atoms with Crippen molar-refractivity contribution in [2.75, 3.05) is 0 Å². The van der Waals surface area contributed by atoms with Crippen LogP contribution in [0.3, 0.4) is 0 Å². The van der Waals surface area contributed by atoms with Gasteiger partial charge in [-0.3, -0.25) is 0 Å². The molecule has 0 fully saturated rings. The van der Waals surface area contributed by atoms with Gasteiger partial charge in [-0.15, -0.1) is 0 Å². The van der Waals surface area contributed by atoms with Gasteiger partial charge in [-0.25, -0.2) is 0 Å². The molecule has 5 heteroatoms. The Hall–Kier alpha value is 0.920. The van der Waals surface area contributed by atoms with Crippen LogP contribution in [0.15, 0.2) is 4.99 Å².